The quantitative estimate of drug-likeness (QED) is 0.514. The highest BCUT2D eigenvalue weighted by Crippen LogP contribution is 2.52. The zero-order chi connectivity index (χ0) is 25.2. The molecule has 35 heavy (non-hydrogen) atoms. The van der Waals surface area contributed by atoms with Gasteiger partial charge in [0.2, 0.25) is 17.7 Å². The maximum atomic E-state index is 13.9. The van der Waals surface area contributed by atoms with Crippen LogP contribution in [0.1, 0.15) is 57.2 Å². The van der Waals surface area contributed by atoms with Gasteiger partial charge in [-0.05, 0) is 50.3 Å². The van der Waals surface area contributed by atoms with Gasteiger partial charge in [-0.1, -0.05) is 38.1 Å². The fourth-order valence-corrected chi connectivity index (χ4v) is 8.54. The van der Waals surface area contributed by atoms with Crippen LogP contribution in [-0.2, 0) is 20.8 Å². The van der Waals surface area contributed by atoms with E-state index in [0.29, 0.717) is 13.0 Å². The molecule has 1 spiro atoms. The van der Waals surface area contributed by atoms with Gasteiger partial charge in [-0.15, -0.1) is 23.5 Å². The van der Waals surface area contributed by atoms with Crippen molar-refractivity contribution >= 4 is 41.2 Å². The first-order chi connectivity index (χ1) is 16.7. The van der Waals surface area contributed by atoms with E-state index >= 15 is 0 Å². The summed E-state index contributed by atoms with van der Waals surface area (Å²) >= 11 is 3.73. The summed E-state index contributed by atoms with van der Waals surface area (Å²) in [5.41, 5.74) is 2.48. The Kier molecular flexibility index (Phi) is 8.38. The number of thioether (sulfide) groups is 2. The molecule has 1 aliphatic carbocycles. The maximum Gasteiger partial charge on any atom is 0.246 e. The van der Waals surface area contributed by atoms with Crippen LogP contribution in [0.3, 0.4) is 0 Å². The van der Waals surface area contributed by atoms with Gasteiger partial charge in [0, 0.05) is 24.5 Å². The lowest BCUT2D eigenvalue weighted by atomic mass is 9.87. The Bertz CT molecular complexity index is 950. The third-order valence-electron chi connectivity index (χ3n) is 7.43. The van der Waals surface area contributed by atoms with Crippen LogP contribution < -0.4 is 16.0 Å². The molecule has 0 bridgehead atoms. The van der Waals surface area contributed by atoms with E-state index in [-0.39, 0.29) is 33.8 Å². The largest absolute Gasteiger partial charge is 0.347 e. The molecule has 9 heteroatoms. The monoisotopic (exact) mass is 518 g/mol. The number of nitrogens with zero attached hydrogens (tertiary/aromatic N) is 1. The first kappa shape index (κ1) is 26.4. The second kappa shape index (κ2) is 11.1. The highest BCUT2D eigenvalue weighted by atomic mass is 32.2. The van der Waals surface area contributed by atoms with E-state index in [1.54, 1.807) is 18.9 Å². The number of hydrogen-bond acceptors (Lipinski definition) is 6. The number of carbonyl (C=O) groups is 3. The molecule has 4 rings (SSSR count). The summed E-state index contributed by atoms with van der Waals surface area (Å²) in [6.07, 6.45) is 3.62. The fourth-order valence-electron chi connectivity index (χ4n) is 5.28. The smallest absolute Gasteiger partial charge is 0.246 e. The van der Waals surface area contributed by atoms with Crippen LogP contribution in [0.15, 0.2) is 24.3 Å². The minimum absolute atomic E-state index is 0.0260. The van der Waals surface area contributed by atoms with E-state index in [0.717, 1.165) is 30.8 Å². The van der Waals surface area contributed by atoms with Crippen LogP contribution >= 0.6 is 23.5 Å². The molecule has 7 nitrogen and oxygen atoms in total. The Hall–Kier alpha value is -1.71. The average molecular weight is 519 g/mol. The first-order valence-corrected chi connectivity index (χ1v) is 14.7. The molecule has 0 aromatic heterocycles. The molecule has 1 aromatic rings. The number of fused-ring (bicyclic) bond motifs is 1. The molecule has 2 heterocycles. The van der Waals surface area contributed by atoms with Crippen LogP contribution in [0.5, 0.6) is 0 Å². The summed E-state index contributed by atoms with van der Waals surface area (Å²) in [5.74, 6) is 1.51. The number of amides is 3. The van der Waals surface area contributed by atoms with Crippen LogP contribution in [0.2, 0.25) is 0 Å². The molecule has 2 aliphatic heterocycles. The van der Waals surface area contributed by atoms with Crippen molar-refractivity contribution in [1.29, 1.82) is 0 Å². The van der Waals surface area contributed by atoms with Crippen molar-refractivity contribution in [3.63, 3.8) is 0 Å². The Morgan fingerprint density at radius 3 is 2.51 bits per heavy atom. The van der Waals surface area contributed by atoms with Crippen LogP contribution in [0.4, 0.5) is 0 Å². The zero-order valence-corrected chi connectivity index (χ0v) is 22.8. The third-order valence-corrected chi connectivity index (χ3v) is 10.9. The number of hydrogen-bond donors (Lipinski definition) is 3. The molecule has 0 radical (unpaired) electrons. The van der Waals surface area contributed by atoms with Crippen molar-refractivity contribution in [3.05, 3.63) is 35.4 Å². The lowest BCUT2D eigenvalue weighted by Crippen LogP contribution is -2.57. The summed E-state index contributed by atoms with van der Waals surface area (Å²) in [6.45, 7) is 6.17. The molecule has 4 unspecified atom stereocenters. The van der Waals surface area contributed by atoms with Crippen molar-refractivity contribution in [2.75, 3.05) is 25.1 Å². The summed E-state index contributed by atoms with van der Waals surface area (Å²) in [5, 5.41) is 9.16. The molecule has 0 saturated carbocycles. The van der Waals surface area contributed by atoms with Crippen LogP contribution in [0.25, 0.3) is 0 Å². The minimum atomic E-state index is -0.671. The summed E-state index contributed by atoms with van der Waals surface area (Å²) < 4.78 is -0.147. The van der Waals surface area contributed by atoms with Gasteiger partial charge in [-0.3, -0.25) is 14.4 Å². The second-order valence-electron chi connectivity index (χ2n) is 10.2. The van der Waals surface area contributed by atoms with Gasteiger partial charge in [-0.25, -0.2) is 0 Å². The summed E-state index contributed by atoms with van der Waals surface area (Å²) in [4.78, 5) is 42.0. The van der Waals surface area contributed by atoms with Gasteiger partial charge in [0.1, 0.15) is 12.1 Å². The molecule has 1 aromatic carbocycles. The number of likely N-dealkylation sites (N-methyl/N-ethyl adjacent to an activating group) is 1. The third kappa shape index (κ3) is 5.67. The normalized spacial score (nSPS) is 24.8. The van der Waals surface area contributed by atoms with Gasteiger partial charge in [-0.2, -0.15) is 0 Å². The number of aryl methyl sites for hydroxylation is 1. The number of rotatable bonds is 7. The first-order valence-electron chi connectivity index (χ1n) is 12.7. The highest BCUT2D eigenvalue weighted by molar-refractivity contribution is 8.21. The zero-order valence-electron chi connectivity index (χ0n) is 21.1. The van der Waals surface area contributed by atoms with Crippen molar-refractivity contribution in [2.24, 2.45) is 5.92 Å². The molecular formula is C26H38N4O3S2. The lowest BCUT2D eigenvalue weighted by Gasteiger charge is -2.33. The van der Waals surface area contributed by atoms with E-state index in [1.807, 2.05) is 49.5 Å². The van der Waals surface area contributed by atoms with Crippen molar-refractivity contribution in [2.45, 2.75) is 74.7 Å². The van der Waals surface area contributed by atoms with Gasteiger partial charge >= 0.3 is 0 Å². The van der Waals surface area contributed by atoms with Crippen molar-refractivity contribution in [3.8, 4) is 0 Å². The maximum absolute atomic E-state index is 13.9. The Labute approximate surface area is 217 Å². The Morgan fingerprint density at radius 1 is 1.11 bits per heavy atom. The average Bonchev–Trinajstić information content (AvgIpc) is 3.48. The van der Waals surface area contributed by atoms with Gasteiger partial charge in [0.15, 0.2) is 0 Å². The van der Waals surface area contributed by atoms with Crippen molar-refractivity contribution < 1.29 is 14.4 Å². The molecule has 2 saturated heterocycles. The molecule has 3 aliphatic rings. The molecule has 3 amide bonds. The summed E-state index contributed by atoms with van der Waals surface area (Å²) in [6, 6.07) is 6.69. The standard InChI is InChI=1S/C26H38N4O3S2/c1-16(2)22(29-23(31)17(3)27-4)25(33)30-15-26(34-12-13-35-26)14-21(30)24(32)28-20-11-7-9-18-8-5-6-10-19(18)20/h5-6,8,10,16-17,20-22,27H,7,9,11-15H2,1-4H3,(H,28,32)(H,29,31). The second-order valence-corrected chi connectivity index (χ2v) is 13.4. The van der Waals surface area contributed by atoms with Crippen LogP contribution in [-0.4, -0.2) is 69.9 Å². The van der Waals surface area contributed by atoms with E-state index in [2.05, 4.69) is 28.1 Å². The molecule has 4 atom stereocenters. The number of likely N-dealkylation sites (tertiary alicyclic amines) is 1. The van der Waals surface area contributed by atoms with Crippen molar-refractivity contribution in [1.82, 2.24) is 20.9 Å². The minimum Gasteiger partial charge on any atom is -0.347 e. The Balaban J connectivity index is 1.55. The number of nitrogens with one attached hydrogen (secondary N) is 3. The van der Waals surface area contributed by atoms with E-state index < -0.39 is 18.1 Å². The molecular weight excluding hydrogens is 480 g/mol. The SMILES string of the molecule is CNC(C)C(=O)NC(C(=O)N1CC2(CC1C(=O)NC1CCCc3ccccc31)SCCS2)C(C)C. The molecule has 192 valence electrons. The molecule has 3 N–H and O–H groups in total. The van der Waals surface area contributed by atoms with E-state index in [1.165, 1.54) is 11.1 Å². The lowest BCUT2D eigenvalue weighted by molar-refractivity contribution is -0.142. The fraction of sp³-hybridized carbons (Fsp3) is 0.654. The number of benzene rings is 1. The predicted molar refractivity (Wildman–Crippen MR) is 143 cm³/mol. The Morgan fingerprint density at radius 2 is 1.83 bits per heavy atom. The van der Waals surface area contributed by atoms with E-state index in [4.69, 9.17) is 0 Å². The highest BCUT2D eigenvalue weighted by Gasteiger charge is 2.52. The van der Waals surface area contributed by atoms with E-state index in [9.17, 15) is 14.4 Å². The summed E-state index contributed by atoms with van der Waals surface area (Å²) in [7, 11) is 1.72. The van der Waals surface area contributed by atoms with Gasteiger partial charge < -0.3 is 20.9 Å². The number of carbonyl (C=O) groups excluding carboxylic acids is 3. The van der Waals surface area contributed by atoms with Crippen LogP contribution in [0, 0.1) is 5.92 Å². The predicted octanol–water partition coefficient (Wildman–Crippen LogP) is 2.71. The van der Waals surface area contributed by atoms with Gasteiger partial charge in [0.25, 0.3) is 0 Å². The molecule has 2 fully saturated rings. The van der Waals surface area contributed by atoms with Gasteiger partial charge in [0.05, 0.1) is 16.2 Å². The topological polar surface area (TPSA) is 90.5 Å².